The van der Waals surface area contributed by atoms with Crippen molar-refractivity contribution in [1.29, 1.82) is 0 Å². The zero-order chi connectivity index (χ0) is 19.1. The summed E-state index contributed by atoms with van der Waals surface area (Å²) >= 11 is 0. The average Bonchev–Trinajstić information content (AvgIpc) is 2.78. The maximum Gasteiger partial charge on any atom is 0.321 e. The number of likely N-dealkylation sites (N-methyl/N-ethyl adjacent to an activating group) is 1. The van der Waals surface area contributed by atoms with Crippen LogP contribution < -0.4 is 5.32 Å². The van der Waals surface area contributed by atoms with Gasteiger partial charge in [-0.2, -0.15) is 0 Å². The summed E-state index contributed by atoms with van der Waals surface area (Å²) < 4.78 is 49.8. The zero-order valence-electron chi connectivity index (χ0n) is 14.8. The van der Waals surface area contributed by atoms with E-state index in [1.807, 2.05) is 0 Å². The topological polar surface area (TPSA) is 69.7 Å². The smallest absolute Gasteiger partial charge is 0.321 e. The molecular weight excluding hydrogens is 364 g/mol. The van der Waals surface area contributed by atoms with Crippen LogP contribution in [0, 0.1) is 0 Å². The number of halogens is 2. The Labute approximate surface area is 152 Å². The molecule has 2 saturated heterocycles. The Morgan fingerprint density at radius 1 is 1.23 bits per heavy atom. The summed E-state index contributed by atoms with van der Waals surface area (Å²) in [6, 6.07) is 3.95. The highest BCUT2D eigenvalue weighted by Crippen LogP contribution is 2.31. The Morgan fingerprint density at radius 2 is 1.92 bits per heavy atom. The second kappa shape index (κ2) is 7.11. The summed E-state index contributed by atoms with van der Waals surface area (Å²) in [7, 11) is -1.70. The van der Waals surface area contributed by atoms with Crippen LogP contribution in [0.5, 0.6) is 0 Å². The maximum atomic E-state index is 13.2. The van der Waals surface area contributed by atoms with Crippen molar-refractivity contribution in [1.82, 2.24) is 9.80 Å². The van der Waals surface area contributed by atoms with Crippen LogP contribution in [-0.2, 0) is 9.84 Å². The van der Waals surface area contributed by atoms with Gasteiger partial charge in [0.15, 0.2) is 9.84 Å². The fraction of sp³-hybridized carbons (Fsp3) is 0.588. The Kier molecular flexibility index (Phi) is 5.21. The summed E-state index contributed by atoms with van der Waals surface area (Å²) in [5.74, 6) is 0. The number of nitrogens with zero attached hydrogens (tertiary/aromatic N) is 2. The molecule has 6 nitrogen and oxygen atoms in total. The van der Waals surface area contributed by atoms with Gasteiger partial charge in [-0.25, -0.2) is 22.0 Å². The molecule has 2 atom stereocenters. The van der Waals surface area contributed by atoms with Crippen molar-refractivity contribution >= 4 is 21.6 Å². The number of amides is 2. The van der Waals surface area contributed by atoms with Gasteiger partial charge in [0, 0.05) is 42.7 Å². The first-order chi connectivity index (χ1) is 12.2. The minimum Gasteiger partial charge on any atom is -0.323 e. The minimum atomic E-state index is -3.77. The monoisotopic (exact) mass is 387 g/mol. The molecule has 9 heteroatoms. The predicted molar refractivity (Wildman–Crippen MR) is 94.3 cm³/mol. The van der Waals surface area contributed by atoms with E-state index >= 15 is 0 Å². The third-order valence-corrected chi connectivity index (χ3v) is 6.50. The number of fused-ring (bicyclic) bond motifs is 2. The third-order valence-electron chi connectivity index (χ3n) is 5.33. The van der Waals surface area contributed by atoms with Gasteiger partial charge >= 0.3 is 6.03 Å². The number of carbonyl (C=O) groups is 1. The zero-order valence-corrected chi connectivity index (χ0v) is 15.6. The van der Waals surface area contributed by atoms with E-state index in [0.717, 1.165) is 37.7 Å². The predicted octanol–water partition coefficient (Wildman–Crippen LogP) is 2.73. The summed E-state index contributed by atoms with van der Waals surface area (Å²) in [5, 5.41) is 2.63. The number of benzene rings is 1. The number of carbonyl (C=O) groups excluding carboxylic acids is 1. The Bertz CT molecular complexity index is 800. The van der Waals surface area contributed by atoms with E-state index in [4.69, 9.17) is 0 Å². The minimum absolute atomic E-state index is 0.167. The van der Waals surface area contributed by atoms with Crippen LogP contribution in [0.15, 0.2) is 23.1 Å². The van der Waals surface area contributed by atoms with E-state index < -0.39 is 26.7 Å². The molecule has 1 aromatic carbocycles. The largest absolute Gasteiger partial charge is 0.323 e. The fourth-order valence-electron chi connectivity index (χ4n) is 3.83. The number of nitrogens with one attached hydrogen (secondary N) is 1. The molecule has 2 fully saturated rings. The molecule has 2 aliphatic heterocycles. The van der Waals surface area contributed by atoms with Crippen molar-refractivity contribution in [2.75, 3.05) is 31.7 Å². The van der Waals surface area contributed by atoms with Crippen LogP contribution in [-0.4, -0.2) is 62.7 Å². The molecule has 2 heterocycles. The molecule has 26 heavy (non-hydrogen) atoms. The molecule has 2 amide bonds. The van der Waals surface area contributed by atoms with E-state index in [9.17, 15) is 22.0 Å². The third kappa shape index (κ3) is 3.83. The van der Waals surface area contributed by atoms with Crippen LogP contribution in [0.25, 0.3) is 0 Å². The molecule has 0 radical (unpaired) electrons. The number of sulfone groups is 1. The van der Waals surface area contributed by atoms with Crippen molar-refractivity contribution in [2.45, 2.75) is 42.7 Å². The van der Waals surface area contributed by atoms with E-state index in [2.05, 4.69) is 17.3 Å². The summed E-state index contributed by atoms with van der Waals surface area (Å²) in [4.78, 5) is 16.1. The molecule has 1 aromatic rings. The molecule has 2 unspecified atom stereocenters. The van der Waals surface area contributed by atoms with Crippen molar-refractivity contribution < 1.29 is 22.0 Å². The Balaban J connectivity index is 1.76. The van der Waals surface area contributed by atoms with Crippen LogP contribution in [0.2, 0.25) is 0 Å². The standard InChI is InChI=1S/C17H23F2N3O3S/c1-21-12-4-5-13(21)10-22(8-7-12)17(23)20-11-3-6-15(26(2,24)25)14(9-11)16(18)19/h3,6,9,12-13,16H,4-5,7-8,10H2,1-2H3,(H,20,23). The van der Waals surface area contributed by atoms with Crippen molar-refractivity contribution in [3.05, 3.63) is 23.8 Å². The van der Waals surface area contributed by atoms with Gasteiger partial charge in [0.1, 0.15) is 0 Å². The Hall–Kier alpha value is -1.74. The lowest BCUT2D eigenvalue weighted by Gasteiger charge is -2.26. The quantitative estimate of drug-likeness (QED) is 0.866. The first-order valence-corrected chi connectivity index (χ1v) is 10.5. The molecule has 0 saturated carbocycles. The van der Waals surface area contributed by atoms with Gasteiger partial charge in [-0.1, -0.05) is 0 Å². The SMILES string of the molecule is CN1C2CCC1CN(C(=O)Nc1ccc(S(C)(=O)=O)c(C(F)F)c1)CC2. The highest BCUT2D eigenvalue weighted by atomic mass is 32.2. The lowest BCUT2D eigenvalue weighted by atomic mass is 10.1. The number of alkyl halides is 2. The molecule has 144 valence electrons. The van der Waals surface area contributed by atoms with Gasteiger partial charge in [0.25, 0.3) is 6.43 Å². The molecular formula is C17H23F2N3O3S. The normalized spacial score (nSPS) is 24.0. The van der Waals surface area contributed by atoms with Crippen LogP contribution >= 0.6 is 0 Å². The second-order valence-corrected chi connectivity index (χ2v) is 9.02. The van der Waals surface area contributed by atoms with E-state index in [-0.39, 0.29) is 11.7 Å². The highest BCUT2D eigenvalue weighted by molar-refractivity contribution is 7.90. The van der Waals surface area contributed by atoms with E-state index in [0.29, 0.717) is 25.2 Å². The molecule has 2 aliphatic rings. The van der Waals surface area contributed by atoms with Gasteiger partial charge < -0.3 is 10.2 Å². The van der Waals surface area contributed by atoms with Crippen molar-refractivity contribution in [3.63, 3.8) is 0 Å². The second-order valence-electron chi connectivity index (χ2n) is 7.04. The average molecular weight is 387 g/mol. The van der Waals surface area contributed by atoms with Gasteiger partial charge in [-0.3, -0.25) is 4.90 Å². The molecule has 0 aliphatic carbocycles. The van der Waals surface area contributed by atoms with E-state index in [1.54, 1.807) is 4.90 Å². The lowest BCUT2D eigenvalue weighted by molar-refractivity contribution is 0.148. The molecule has 1 N–H and O–H groups in total. The van der Waals surface area contributed by atoms with Gasteiger partial charge in [0.05, 0.1) is 4.90 Å². The maximum absolute atomic E-state index is 13.2. The Morgan fingerprint density at radius 3 is 2.58 bits per heavy atom. The van der Waals surface area contributed by atoms with Crippen LogP contribution in [0.1, 0.15) is 31.3 Å². The highest BCUT2D eigenvalue weighted by Gasteiger charge is 2.36. The number of rotatable bonds is 3. The first-order valence-electron chi connectivity index (χ1n) is 8.57. The van der Waals surface area contributed by atoms with E-state index in [1.165, 1.54) is 6.07 Å². The fourth-order valence-corrected chi connectivity index (χ4v) is 4.72. The summed E-state index contributed by atoms with van der Waals surface area (Å²) in [6.07, 6.45) is 1.01. The molecule has 3 rings (SSSR count). The summed E-state index contributed by atoms with van der Waals surface area (Å²) in [5.41, 5.74) is -0.430. The van der Waals surface area contributed by atoms with Crippen LogP contribution in [0.4, 0.5) is 19.3 Å². The lowest BCUT2D eigenvalue weighted by Crippen LogP contribution is -2.41. The number of anilines is 1. The van der Waals surface area contributed by atoms with Gasteiger partial charge in [-0.15, -0.1) is 0 Å². The molecule has 0 aromatic heterocycles. The summed E-state index contributed by atoms with van der Waals surface area (Å²) in [6.45, 7) is 1.21. The number of hydrogen-bond donors (Lipinski definition) is 1. The molecule has 2 bridgehead atoms. The number of hydrogen-bond acceptors (Lipinski definition) is 4. The van der Waals surface area contributed by atoms with Crippen molar-refractivity contribution in [3.8, 4) is 0 Å². The first kappa shape index (κ1) is 19.0. The van der Waals surface area contributed by atoms with Gasteiger partial charge in [-0.05, 0) is 44.5 Å². The number of likely N-dealkylation sites (tertiary alicyclic amines) is 1. The van der Waals surface area contributed by atoms with Gasteiger partial charge in [0.2, 0.25) is 0 Å². The number of urea groups is 1. The van der Waals surface area contributed by atoms with Crippen LogP contribution in [0.3, 0.4) is 0 Å². The molecule has 0 spiro atoms. The van der Waals surface area contributed by atoms with Crippen molar-refractivity contribution in [2.24, 2.45) is 0 Å².